The molecule has 92 valence electrons. The molecule has 0 amide bonds. The van der Waals surface area contributed by atoms with Crippen LogP contribution < -0.4 is 15.2 Å². The van der Waals surface area contributed by atoms with Gasteiger partial charge in [-0.15, -0.1) is 0 Å². The molecule has 3 nitrogen and oxygen atoms in total. The first-order valence-corrected chi connectivity index (χ1v) is 6.18. The van der Waals surface area contributed by atoms with Gasteiger partial charge in [0, 0.05) is 11.0 Å². The van der Waals surface area contributed by atoms with Crippen molar-refractivity contribution in [1.29, 1.82) is 0 Å². The van der Waals surface area contributed by atoms with Gasteiger partial charge in [-0.25, -0.2) is 0 Å². The van der Waals surface area contributed by atoms with E-state index in [4.69, 9.17) is 15.2 Å². The first kappa shape index (κ1) is 10.9. The molecule has 0 bridgehead atoms. The van der Waals surface area contributed by atoms with Gasteiger partial charge >= 0.3 is 0 Å². The van der Waals surface area contributed by atoms with Gasteiger partial charge in [0.2, 0.25) is 0 Å². The van der Waals surface area contributed by atoms with Crippen molar-refractivity contribution in [3.63, 3.8) is 0 Å². The zero-order chi connectivity index (χ0) is 12.1. The Labute approximate surface area is 102 Å². The summed E-state index contributed by atoms with van der Waals surface area (Å²) >= 11 is 0. The van der Waals surface area contributed by atoms with Crippen LogP contribution in [0.3, 0.4) is 0 Å². The van der Waals surface area contributed by atoms with E-state index in [2.05, 4.69) is 19.9 Å². The predicted molar refractivity (Wildman–Crippen MR) is 66.3 cm³/mol. The minimum absolute atomic E-state index is 0.0547. The maximum atomic E-state index is 6.20. The average molecular weight is 233 g/mol. The van der Waals surface area contributed by atoms with Crippen molar-refractivity contribution < 1.29 is 9.47 Å². The molecule has 17 heavy (non-hydrogen) atoms. The summed E-state index contributed by atoms with van der Waals surface area (Å²) in [6.45, 7) is 5.66. The van der Waals surface area contributed by atoms with Crippen LogP contribution in [0.4, 0.5) is 0 Å². The van der Waals surface area contributed by atoms with Gasteiger partial charge in [0.05, 0.1) is 13.2 Å². The van der Waals surface area contributed by atoms with E-state index >= 15 is 0 Å². The first-order chi connectivity index (χ1) is 7.99. The molecule has 1 saturated carbocycles. The molecule has 1 heterocycles. The van der Waals surface area contributed by atoms with Gasteiger partial charge in [-0.1, -0.05) is 19.9 Å². The summed E-state index contributed by atoms with van der Waals surface area (Å²) in [6.07, 6.45) is 2.14. The van der Waals surface area contributed by atoms with Gasteiger partial charge in [-0.05, 0) is 30.5 Å². The largest absolute Gasteiger partial charge is 0.489 e. The lowest BCUT2D eigenvalue weighted by atomic mass is 9.97. The third-order valence-electron chi connectivity index (χ3n) is 3.54. The van der Waals surface area contributed by atoms with Gasteiger partial charge in [0.1, 0.15) is 0 Å². The Morgan fingerprint density at radius 3 is 2.35 bits per heavy atom. The van der Waals surface area contributed by atoms with Crippen LogP contribution in [0.2, 0.25) is 0 Å². The smallest absolute Gasteiger partial charge is 0.161 e. The average Bonchev–Trinajstić information content (AvgIpc) is 3.05. The summed E-state index contributed by atoms with van der Waals surface area (Å²) < 4.78 is 11.6. The third kappa shape index (κ3) is 2.00. The van der Waals surface area contributed by atoms with E-state index < -0.39 is 0 Å². The molecule has 0 unspecified atom stereocenters. The molecule has 1 aliphatic carbocycles. The molecule has 1 fully saturated rings. The van der Waals surface area contributed by atoms with Crippen molar-refractivity contribution >= 4 is 0 Å². The summed E-state index contributed by atoms with van der Waals surface area (Å²) in [4.78, 5) is 0. The number of benzene rings is 1. The number of nitrogens with two attached hydrogens (primary N) is 1. The zero-order valence-corrected chi connectivity index (χ0v) is 10.5. The Bertz CT molecular complexity index is 450. The first-order valence-electron chi connectivity index (χ1n) is 6.18. The minimum atomic E-state index is -0.111. The Kier molecular flexibility index (Phi) is 2.17. The number of fused-ring (bicyclic) bond motifs is 1. The predicted octanol–water partition coefficient (Wildman–Crippen LogP) is 2.43. The van der Waals surface area contributed by atoms with Crippen molar-refractivity contribution in [3.8, 4) is 11.5 Å². The van der Waals surface area contributed by atoms with E-state index in [-0.39, 0.29) is 11.0 Å². The quantitative estimate of drug-likeness (QED) is 0.810. The van der Waals surface area contributed by atoms with Gasteiger partial charge in [-0.2, -0.15) is 0 Å². The molecule has 1 aliphatic heterocycles. The monoisotopic (exact) mass is 233 g/mol. The number of hydrogen-bond acceptors (Lipinski definition) is 3. The van der Waals surface area contributed by atoms with E-state index in [1.165, 1.54) is 5.56 Å². The van der Waals surface area contributed by atoms with E-state index in [1.807, 2.05) is 12.1 Å². The summed E-state index contributed by atoms with van der Waals surface area (Å²) in [5, 5.41) is 0. The summed E-state index contributed by atoms with van der Waals surface area (Å²) in [5.41, 5.74) is 7.31. The van der Waals surface area contributed by atoms with Crippen LogP contribution >= 0.6 is 0 Å². The fraction of sp³-hybridized carbons (Fsp3) is 0.571. The van der Waals surface area contributed by atoms with Crippen molar-refractivity contribution in [3.05, 3.63) is 23.8 Å². The second-order valence-corrected chi connectivity index (χ2v) is 6.06. The van der Waals surface area contributed by atoms with Crippen molar-refractivity contribution in [2.45, 2.75) is 32.2 Å². The molecule has 0 aromatic heterocycles. The highest BCUT2D eigenvalue weighted by Gasteiger charge is 2.40. The maximum Gasteiger partial charge on any atom is 0.161 e. The molecule has 3 rings (SSSR count). The molecule has 2 aliphatic rings. The van der Waals surface area contributed by atoms with E-state index in [0.717, 1.165) is 24.3 Å². The Balaban J connectivity index is 1.92. The van der Waals surface area contributed by atoms with E-state index in [9.17, 15) is 0 Å². The van der Waals surface area contributed by atoms with Crippen molar-refractivity contribution in [2.24, 2.45) is 11.1 Å². The molecule has 0 saturated heterocycles. The SMILES string of the molecule is CC1(C)COc2ccc(C3(N)CC3)cc2OC1. The standard InChI is InChI=1S/C14H19NO2/c1-13(2)8-16-11-4-3-10(14(15)5-6-14)7-12(11)17-9-13/h3-4,7H,5-6,8-9,15H2,1-2H3. The Morgan fingerprint density at radius 2 is 1.71 bits per heavy atom. The van der Waals surface area contributed by atoms with Crippen LogP contribution in [0.5, 0.6) is 11.5 Å². The molecule has 0 spiro atoms. The van der Waals surface area contributed by atoms with Gasteiger partial charge in [0.15, 0.2) is 11.5 Å². The normalized spacial score (nSPS) is 23.9. The third-order valence-corrected chi connectivity index (χ3v) is 3.54. The highest BCUT2D eigenvalue weighted by molar-refractivity contribution is 5.46. The highest BCUT2D eigenvalue weighted by atomic mass is 16.5. The molecule has 1 aromatic carbocycles. The lowest BCUT2D eigenvalue weighted by Gasteiger charge is -2.19. The van der Waals surface area contributed by atoms with Crippen molar-refractivity contribution in [2.75, 3.05) is 13.2 Å². The Morgan fingerprint density at radius 1 is 1.06 bits per heavy atom. The van der Waals surface area contributed by atoms with Crippen LogP contribution in [0.25, 0.3) is 0 Å². The number of ether oxygens (including phenoxy) is 2. The summed E-state index contributed by atoms with van der Waals surface area (Å²) in [5.74, 6) is 1.67. The van der Waals surface area contributed by atoms with E-state index in [1.54, 1.807) is 0 Å². The second kappa shape index (κ2) is 3.39. The molecule has 2 N–H and O–H groups in total. The lowest BCUT2D eigenvalue weighted by Crippen LogP contribution is -2.26. The molecule has 3 heteroatoms. The summed E-state index contributed by atoms with van der Waals surface area (Å²) in [7, 11) is 0. The van der Waals surface area contributed by atoms with Crippen LogP contribution in [0.15, 0.2) is 18.2 Å². The fourth-order valence-corrected chi connectivity index (χ4v) is 2.06. The second-order valence-electron chi connectivity index (χ2n) is 6.06. The maximum absolute atomic E-state index is 6.20. The molecule has 1 aromatic rings. The van der Waals surface area contributed by atoms with Crippen LogP contribution in [0.1, 0.15) is 32.3 Å². The Hall–Kier alpha value is -1.22. The lowest BCUT2D eigenvalue weighted by molar-refractivity contribution is 0.140. The topological polar surface area (TPSA) is 44.5 Å². The van der Waals surface area contributed by atoms with Crippen LogP contribution in [-0.4, -0.2) is 13.2 Å². The van der Waals surface area contributed by atoms with Crippen molar-refractivity contribution in [1.82, 2.24) is 0 Å². The van der Waals surface area contributed by atoms with E-state index in [0.29, 0.717) is 13.2 Å². The highest BCUT2D eigenvalue weighted by Crippen LogP contribution is 2.45. The van der Waals surface area contributed by atoms with Gasteiger partial charge in [-0.3, -0.25) is 0 Å². The molecular weight excluding hydrogens is 214 g/mol. The molecule has 0 radical (unpaired) electrons. The zero-order valence-electron chi connectivity index (χ0n) is 10.5. The number of hydrogen-bond donors (Lipinski definition) is 1. The fourth-order valence-electron chi connectivity index (χ4n) is 2.06. The van der Waals surface area contributed by atoms with Crippen LogP contribution in [-0.2, 0) is 5.54 Å². The van der Waals surface area contributed by atoms with Gasteiger partial charge < -0.3 is 15.2 Å². The molecular formula is C14H19NO2. The molecule has 0 atom stereocenters. The minimum Gasteiger partial charge on any atom is -0.489 e. The number of rotatable bonds is 1. The van der Waals surface area contributed by atoms with Gasteiger partial charge in [0.25, 0.3) is 0 Å². The van der Waals surface area contributed by atoms with Crippen LogP contribution in [0, 0.1) is 5.41 Å². The summed E-state index contributed by atoms with van der Waals surface area (Å²) in [6, 6.07) is 6.09.